The van der Waals surface area contributed by atoms with Crippen molar-refractivity contribution in [2.75, 3.05) is 4.90 Å². The Balaban J connectivity index is 1.10. The Morgan fingerprint density at radius 3 is 1.63 bits per heavy atom. The smallest absolute Gasteiger partial charge is 0.137 e. The molecule has 0 fully saturated rings. The molecule has 52 heavy (non-hydrogen) atoms. The molecule has 0 bridgehead atoms. The van der Waals surface area contributed by atoms with Gasteiger partial charge in [0.05, 0.1) is 11.1 Å². The molecule has 2 heteroatoms. The van der Waals surface area contributed by atoms with Gasteiger partial charge >= 0.3 is 0 Å². The van der Waals surface area contributed by atoms with Gasteiger partial charge in [0, 0.05) is 16.8 Å². The van der Waals surface area contributed by atoms with E-state index in [1.54, 1.807) is 0 Å². The van der Waals surface area contributed by atoms with E-state index in [4.69, 9.17) is 4.42 Å². The molecule has 0 amide bonds. The first-order valence-corrected chi connectivity index (χ1v) is 17.8. The Kier molecular flexibility index (Phi) is 7.18. The molecule has 0 saturated heterocycles. The van der Waals surface area contributed by atoms with Crippen LogP contribution in [0.2, 0.25) is 0 Å². The zero-order chi connectivity index (χ0) is 34.4. The van der Waals surface area contributed by atoms with Gasteiger partial charge in [-0.3, -0.25) is 0 Å². The molecule has 9 aromatic carbocycles. The van der Waals surface area contributed by atoms with Crippen LogP contribution in [0.5, 0.6) is 0 Å². The molecule has 0 aliphatic carbocycles. The summed E-state index contributed by atoms with van der Waals surface area (Å²) in [7, 11) is 0. The van der Waals surface area contributed by atoms with Crippen molar-refractivity contribution in [1.29, 1.82) is 0 Å². The maximum atomic E-state index is 6.36. The van der Waals surface area contributed by atoms with Crippen LogP contribution in [0.1, 0.15) is 0 Å². The Morgan fingerprint density at radius 1 is 0.327 bits per heavy atom. The molecule has 0 aliphatic heterocycles. The van der Waals surface area contributed by atoms with Gasteiger partial charge in [0.25, 0.3) is 0 Å². The van der Waals surface area contributed by atoms with Gasteiger partial charge in [0.15, 0.2) is 0 Å². The first-order valence-electron chi connectivity index (χ1n) is 17.8. The van der Waals surface area contributed by atoms with Crippen molar-refractivity contribution in [1.82, 2.24) is 0 Å². The summed E-state index contributed by atoms with van der Waals surface area (Å²) >= 11 is 0. The summed E-state index contributed by atoms with van der Waals surface area (Å²) in [5.41, 5.74) is 12.2. The largest absolute Gasteiger partial charge is 0.456 e. The SMILES string of the molecule is c1ccc(-c2cccc3ccc(-c4ccc(N(c5ccc(-c6cccc7ccccc67)cc5)c5cccc6oc7ccccc7c56)cc4)cc23)cc1. The Labute approximate surface area is 302 Å². The summed E-state index contributed by atoms with van der Waals surface area (Å²) in [4.78, 5) is 2.36. The highest BCUT2D eigenvalue weighted by Crippen LogP contribution is 2.44. The zero-order valence-corrected chi connectivity index (χ0v) is 28.4. The van der Waals surface area contributed by atoms with Crippen molar-refractivity contribution in [2.24, 2.45) is 0 Å². The molecule has 0 saturated carbocycles. The van der Waals surface area contributed by atoms with E-state index < -0.39 is 0 Å². The zero-order valence-electron chi connectivity index (χ0n) is 28.4. The molecule has 244 valence electrons. The molecule has 0 atom stereocenters. The number of nitrogens with zero attached hydrogens (tertiary/aromatic N) is 1. The van der Waals surface area contributed by atoms with Crippen molar-refractivity contribution >= 4 is 60.5 Å². The lowest BCUT2D eigenvalue weighted by atomic mass is 9.95. The normalized spacial score (nSPS) is 11.5. The highest BCUT2D eigenvalue weighted by atomic mass is 16.3. The molecule has 0 N–H and O–H groups in total. The number of rotatable bonds is 6. The number of hydrogen-bond acceptors (Lipinski definition) is 2. The van der Waals surface area contributed by atoms with Crippen LogP contribution in [0.25, 0.3) is 76.9 Å². The van der Waals surface area contributed by atoms with Crippen LogP contribution in [0.15, 0.2) is 205 Å². The molecule has 1 heterocycles. The van der Waals surface area contributed by atoms with Crippen molar-refractivity contribution in [3.8, 4) is 33.4 Å². The van der Waals surface area contributed by atoms with Crippen molar-refractivity contribution in [3.05, 3.63) is 200 Å². The monoisotopic (exact) mass is 663 g/mol. The maximum absolute atomic E-state index is 6.36. The van der Waals surface area contributed by atoms with Crippen molar-refractivity contribution in [3.63, 3.8) is 0 Å². The highest BCUT2D eigenvalue weighted by Gasteiger charge is 2.20. The molecule has 2 nitrogen and oxygen atoms in total. The van der Waals surface area contributed by atoms with Gasteiger partial charge in [-0.05, 0) is 103 Å². The number of para-hydroxylation sites is 1. The Hall–Kier alpha value is -6.90. The summed E-state index contributed by atoms with van der Waals surface area (Å²) in [6.07, 6.45) is 0. The average molecular weight is 664 g/mol. The third-order valence-corrected chi connectivity index (χ3v) is 10.3. The van der Waals surface area contributed by atoms with Gasteiger partial charge in [-0.15, -0.1) is 0 Å². The predicted molar refractivity (Wildman–Crippen MR) is 220 cm³/mol. The third kappa shape index (κ3) is 5.12. The molecular weight excluding hydrogens is 631 g/mol. The van der Waals surface area contributed by atoms with Crippen LogP contribution in [-0.2, 0) is 0 Å². The fraction of sp³-hybridized carbons (Fsp3) is 0. The molecule has 0 radical (unpaired) electrons. The second-order valence-electron chi connectivity index (χ2n) is 13.3. The molecular formula is C50H33NO. The number of benzene rings is 9. The van der Waals surface area contributed by atoms with E-state index >= 15 is 0 Å². The van der Waals surface area contributed by atoms with E-state index in [0.717, 1.165) is 39.0 Å². The van der Waals surface area contributed by atoms with Crippen LogP contribution in [-0.4, -0.2) is 0 Å². The topological polar surface area (TPSA) is 16.4 Å². The van der Waals surface area contributed by atoms with E-state index in [9.17, 15) is 0 Å². The minimum absolute atomic E-state index is 0.873. The Bertz CT molecular complexity index is 2880. The standard InChI is InChI=1S/C50H33NO/c1-2-11-35(12-3-1)44-19-9-15-37-23-24-39(33-46(37)44)34-25-29-40(30-26-34)51(47-20-10-22-49-50(47)45-17-6-7-21-48(45)52-49)41-31-27-38(28-32-41)43-18-8-14-36-13-4-5-16-42(36)43/h1-33H. The lowest BCUT2D eigenvalue weighted by Crippen LogP contribution is -2.10. The van der Waals surface area contributed by atoms with E-state index in [2.05, 4.69) is 193 Å². The fourth-order valence-electron chi connectivity index (χ4n) is 7.76. The summed E-state index contributed by atoms with van der Waals surface area (Å²) in [5, 5.41) is 7.19. The summed E-state index contributed by atoms with van der Waals surface area (Å²) in [6, 6.07) is 71.7. The molecule has 10 rings (SSSR count). The van der Waals surface area contributed by atoms with Gasteiger partial charge in [-0.1, -0.05) is 152 Å². The second kappa shape index (κ2) is 12.5. The molecule has 1 aromatic heterocycles. The number of hydrogen-bond donors (Lipinski definition) is 0. The van der Waals surface area contributed by atoms with Crippen LogP contribution in [0.3, 0.4) is 0 Å². The average Bonchev–Trinajstić information content (AvgIpc) is 3.61. The van der Waals surface area contributed by atoms with Crippen LogP contribution < -0.4 is 4.90 Å². The van der Waals surface area contributed by atoms with Gasteiger partial charge < -0.3 is 9.32 Å². The number of fused-ring (bicyclic) bond motifs is 5. The van der Waals surface area contributed by atoms with E-state index in [0.29, 0.717) is 0 Å². The van der Waals surface area contributed by atoms with Crippen LogP contribution in [0.4, 0.5) is 17.1 Å². The van der Waals surface area contributed by atoms with Crippen molar-refractivity contribution < 1.29 is 4.42 Å². The van der Waals surface area contributed by atoms with Gasteiger partial charge in [0.1, 0.15) is 11.2 Å². The number of anilines is 3. The molecule has 10 aromatic rings. The minimum Gasteiger partial charge on any atom is -0.456 e. The van der Waals surface area contributed by atoms with Gasteiger partial charge in [-0.2, -0.15) is 0 Å². The molecule has 0 aliphatic rings. The van der Waals surface area contributed by atoms with E-state index in [1.807, 2.05) is 12.1 Å². The quantitative estimate of drug-likeness (QED) is 0.176. The van der Waals surface area contributed by atoms with Crippen molar-refractivity contribution in [2.45, 2.75) is 0 Å². The molecule has 0 spiro atoms. The lowest BCUT2D eigenvalue weighted by molar-refractivity contribution is 0.669. The second-order valence-corrected chi connectivity index (χ2v) is 13.3. The first-order chi connectivity index (χ1) is 25.8. The van der Waals surface area contributed by atoms with E-state index in [-0.39, 0.29) is 0 Å². The highest BCUT2D eigenvalue weighted by molar-refractivity contribution is 6.13. The minimum atomic E-state index is 0.873. The van der Waals surface area contributed by atoms with E-state index in [1.165, 1.54) is 54.9 Å². The third-order valence-electron chi connectivity index (χ3n) is 10.3. The van der Waals surface area contributed by atoms with Crippen LogP contribution >= 0.6 is 0 Å². The maximum Gasteiger partial charge on any atom is 0.137 e. The first kappa shape index (κ1) is 30.0. The summed E-state index contributed by atoms with van der Waals surface area (Å²) in [6.45, 7) is 0. The van der Waals surface area contributed by atoms with Gasteiger partial charge in [0.2, 0.25) is 0 Å². The van der Waals surface area contributed by atoms with Gasteiger partial charge in [-0.25, -0.2) is 0 Å². The predicted octanol–water partition coefficient (Wildman–Crippen LogP) is 14.4. The summed E-state index contributed by atoms with van der Waals surface area (Å²) in [5.74, 6) is 0. The Morgan fingerprint density at radius 2 is 0.865 bits per heavy atom. The summed E-state index contributed by atoms with van der Waals surface area (Å²) < 4.78 is 6.36. The number of furan rings is 1. The van der Waals surface area contributed by atoms with Crippen LogP contribution in [0, 0.1) is 0 Å². The fourth-order valence-corrected chi connectivity index (χ4v) is 7.76. The molecule has 0 unspecified atom stereocenters. The lowest BCUT2D eigenvalue weighted by Gasteiger charge is -2.26.